The van der Waals surface area contributed by atoms with Crippen molar-refractivity contribution in [3.8, 4) is 5.75 Å². The number of carbonyl (C=O) groups excluding carboxylic acids is 2. The highest BCUT2D eigenvalue weighted by Crippen LogP contribution is 2.18. The molecular weight excluding hydrogens is 337 g/mol. The maximum absolute atomic E-state index is 13.8. The van der Waals surface area contributed by atoms with E-state index in [-0.39, 0.29) is 11.6 Å². The average molecular weight is 359 g/mol. The van der Waals surface area contributed by atoms with Crippen molar-refractivity contribution in [2.75, 3.05) is 13.7 Å². The summed E-state index contributed by atoms with van der Waals surface area (Å²) in [7, 11) is 1.40. The van der Waals surface area contributed by atoms with Crippen LogP contribution in [0.5, 0.6) is 5.75 Å². The van der Waals surface area contributed by atoms with Crippen molar-refractivity contribution < 1.29 is 23.5 Å². The van der Waals surface area contributed by atoms with Crippen LogP contribution < -0.4 is 10.1 Å². The molecule has 6 heteroatoms. The van der Waals surface area contributed by atoms with Gasteiger partial charge in [-0.15, -0.1) is 0 Å². The van der Waals surface area contributed by atoms with Crippen molar-refractivity contribution in [3.05, 3.63) is 65.0 Å². The Labute approximate surface area is 152 Å². The monoisotopic (exact) mass is 359 g/mol. The Morgan fingerprint density at radius 1 is 1.15 bits per heavy atom. The standard InChI is InChI=1S/C20H22FNO4/c1-4-18(14-7-5-13(2)6-8-14)22-19(23)12-26-20(24)16-10-9-15(25-3)11-17(16)21/h5-11,18H,4,12H2,1-3H3,(H,22,23)/t18-/m0/s1. The van der Waals surface area contributed by atoms with Gasteiger partial charge in [-0.1, -0.05) is 36.8 Å². The molecule has 2 rings (SSSR count). The average Bonchev–Trinajstić information content (AvgIpc) is 2.64. The number of benzene rings is 2. The first-order chi connectivity index (χ1) is 12.4. The number of nitrogens with one attached hydrogen (secondary N) is 1. The lowest BCUT2D eigenvalue weighted by Gasteiger charge is -2.17. The molecule has 1 N–H and O–H groups in total. The molecule has 0 aliphatic heterocycles. The minimum absolute atomic E-state index is 0.181. The molecular formula is C20H22FNO4. The van der Waals surface area contributed by atoms with E-state index in [2.05, 4.69) is 5.32 Å². The van der Waals surface area contributed by atoms with Crippen LogP contribution in [0.1, 0.15) is 40.9 Å². The highest BCUT2D eigenvalue weighted by Gasteiger charge is 2.17. The third-order valence-electron chi connectivity index (χ3n) is 3.95. The van der Waals surface area contributed by atoms with Gasteiger partial charge in [-0.05, 0) is 31.0 Å². The van der Waals surface area contributed by atoms with Gasteiger partial charge in [0.25, 0.3) is 5.91 Å². The van der Waals surface area contributed by atoms with Crippen LogP contribution in [-0.2, 0) is 9.53 Å². The molecule has 2 aromatic rings. The zero-order chi connectivity index (χ0) is 19.1. The van der Waals surface area contributed by atoms with Gasteiger partial charge in [-0.2, -0.15) is 0 Å². The van der Waals surface area contributed by atoms with Crippen LogP contribution in [0.3, 0.4) is 0 Å². The Morgan fingerprint density at radius 2 is 1.85 bits per heavy atom. The van der Waals surface area contributed by atoms with Crippen molar-refractivity contribution in [1.82, 2.24) is 5.32 Å². The summed E-state index contributed by atoms with van der Waals surface area (Å²) >= 11 is 0. The third-order valence-corrected chi connectivity index (χ3v) is 3.95. The molecule has 0 bridgehead atoms. The molecule has 0 aromatic heterocycles. The van der Waals surface area contributed by atoms with Gasteiger partial charge < -0.3 is 14.8 Å². The molecule has 5 nitrogen and oxygen atoms in total. The Balaban J connectivity index is 1.93. The smallest absolute Gasteiger partial charge is 0.341 e. The van der Waals surface area contributed by atoms with E-state index in [0.717, 1.165) is 17.2 Å². The summed E-state index contributed by atoms with van der Waals surface area (Å²) in [5.41, 5.74) is 1.86. The number of amides is 1. The number of methoxy groups -OCH3 is 1. The minimum atomic E-state index is -0.899. The summed E-state index contributed by atoms with van der Waals surface area (Å²) in [6, 6.07) is 11.4. The summed E-state index contributed by atoms with van der Waals surface area (Å²) in [6.07, 6.45) is 0.690. The fourth-order valence-electron chi connectivity index (χ4n) is 2.45. The lowest BCUT2D eigenvalue weighted by molar-refractivity contribution is -0.125. The molecule has 0 aliphatic rings. The van der Waals surface area contributed by atoms with Gasteiger partial charge >= 0.3 is 5.97 Å². The van der Waals surface area contributed by atoms with Crippen molar-refractivity contribution in [2.45, 2.75) is 26.3 Å². The second kappa shape index (κ2) is 8.99. The number of carbonyl (C=O) groups is 2. The van der Waals surface area contributed by atoms with Crippen LogP contribution in [0.25, 0.3) is 0 Å². The molecule has 0 aliphatic carbocycles. The summed E-state index contributed by atoms with van der Waals surface area (Å²) in [5.74, 6) is -1.81. The zero-order valence-corrected chi connectivity index (χ0v) is 15.0. The fourth-order valence-corrected chi connectivity index (χ4v) is 2.45. The normalized spacial score (nSPS) is 11.5. The quantitative estimate of drug-likeness (QED) is 0.768. The largest absolute Gasteiger partial charge is 0.497 e. The van der Waals surface area contributed by atoms with Gasteiger partial charge in [0.05, 0.1) is 18.7 Å². The maximum atomic E-state index is 13.8. The van der Waals surface area contributed by atoms with Gasteiger partial charge in [-0.25, -0.2) is 9.18 Å². The van der Waals surface area contributed by atoms with Gasteiger partial charge in [-0.3, -0.25) is 4.79 Å². The lowest BCUT2D eigenvalue weighted by Crippen LogP contribution is -2.32. The molecule has 1 atom stereocenters. The van der Waals surface area contributed by atoms with Crippen molar-refractivity contribution >= 4 is 11.9 Å². The molecule has 0 fully saturated rings. The molecule has 0 spiro atoms. The van der Waals surface area contributed by atoms with Crippen LogP contribution in [0.2, 0.25) is 0 Å². The predicted molar refractivity (Wildman–Crippen MR) is 95.6 cm³/mol. The summed E-state index contributed by atoms with van der Waals surface area (Å²) < 4.78 is 23.6. The first-order valence-electron chi connectivity index (χ1n) is 8.31. The predicted octanol–water partition coefficient (Wildman–Crippen LogP) is 3.57. The Bertz CT molecular complexity index is 774. The van der Waals surface area contributed by atoms with Gasteiger partial charge in [0.1, 0.15) is 11.6 Å². The minimum Gasteiger partial charge on any atom is -0.497 e. The first-order valence-corrected chi connectivity index (χ1v) is 8.31. The molecule has 138 valence electrons. The number of hydrogen-bond acceptors (Lipinski definition) is 4. The van der Waals surface area contributed by atoms with Gasteiger partial charge in [0.2, 0.25) is 0 Å². The SMILES string of the molecule is CC[C@H](NC(=O)COC(=O)c1ccc(OC)cc1F)c1ccc(C)cc1. The van der Waals surface area contributed by atoms with Crippen molar-refractivity contribution in [1.29, 1.82) is 0 Å². The molecule has 0 saturated heterocycles. The van der Waals surface area contributed by atoms with Crippen LogP contribution in [0, 0.1) is 12.7 Å². The first kappa shape index (κ1) is 19.4. The lowest BCUT2D eigenvalue weighted by atomic mass is 10.0. The van der Waals surface area contributed by atoms with Crippen molar-refractivity contribution in [3.63, 3.8) is 0 Å². The number of hydrogen-bond donors (Lipinski definition) is 1. The van der Waals surface area contributed by atoms with Gasteiger partial charge in [0.15, 0.2) is 6.61 Å². The molecule has 0 saturated carbocycles. The topological polar surface area (TPSA) is 64.6 Å². The van der Waals surface area contributed by atoms with E-state index in [9.17, 15) is 14.0 Å². The number of ether oxygens (including phenoxy) is 2. The Hall–Kier alpha value is -2.89. The van der Waals surface area contributed by atoms with E-state index in [1.807, 2.05) is 38.1 Å². The van der Waals surface area contributed by atoms with Crippen LogP contribution in [-0.4, -0.2) is 25.6 Å². The molecule has 0 heterocycles. The van der Waals surface area contributed by atoms with Crippen LogP contribution >= 0.6 is 0 Å². The summed E-state index contributed by atoms with van der Waals surface area (Å²) in [4.78, 5) is 24.0. The van der Waals surface area contributed by atoms with Crippen molar-refractivity contribution in [2.24, 2.45) is 0 Å². The summed E-state index contributed by atoms with van der Waals surface area (Å²) in [5, 5.41) is 2.81. The fraction of sp³-hybridized carbons (Fsp3) is 0.300. The molecule has 1 amide bonds. The molecule has 26 heavy (non-hydrogen) atoms. The van der Waals surface area contributed by atoms with E-state index in [4.69, 9.17) is 9.47 Å². The maximum Gasteiger partial charge on any atom is 0.341 e. The summed E-state index contributed by atoms with van der Waals surface area (Å²) in [6.45, 7) is 3.46. The Kier molecular flexibility index (Phi) is 6.72. The second-order valence-corrected chi connectivity index (χ2v) is 5.86. The van der Waals surface area contributed by atoms with E-state index in [0.29, 0.717) is 12.2 Å². The molecule has 0 radical (unpaired) electrons. The number of aryl methyl sites for hydroxylation is 1. The zero-order valence-electron chi connectivity index (χ0n) is 15.0. The number of halogens is 1. The van der Waals surface area contributed by atoms with E-state index < -0.39 is 24.3 Å². The van der Waals surface area contributed by atoms with E-state index in [1.54, 1.807) is 0 Å². The Morgan fingerprint density at radius 3 is 2.42 bits per heavy atom. The van der Waals surface area contributed by atoms with E-state index in [1.165, 1.54) is 19.2 Å². The highest BCUT2D eigenvalue weighted by atomic mass is 19.1. The number of esters is 1. The van der Waals surface area contributed by atoms with Gasteiger partial charge in [0, 0.05) is 6.07 Å². The molecule has 2 aromatic carbocycles. The molecule has 0 unspecified atom stereocenters. The number of rotatable bonds is 7. The van der Waals surface area contributed by atoms with Crippen LogP contribution in [0.4, 0.5) is 4.39 Å². The highest BCUT2D eigenvalue weighted by molar-refractivity contribution is 5.91. The second-order valence-electron chi connectivity index (χ2n) is 5.86. The third kappa shape index (κ3) is 5.05. The van der Waals surface area contributed by atoms with E-state index >= 15 is 0 Å². The van der Waals surface area contributed by atoms with Crippen LogP contribution in [0.15, 0.2) is 42.5 Å².